The zero-order valence-corrected chi connectivity index (χ0v) is 42.7. The van der Waals surface area contributed by atoms with Crippen LogP contribution in [0.15, 0.2) is 176 Å². The van der Waals surface area contributed by atoms with Gasteiger partial charge in [0.05, 0.1) is 11.4 Å². The molecule has 0 radical (unpaired) electrons. The van der Waals surface area contributed by atoms with Gasteiger partial charge in [-0.3, -0.25) is 0 Å². The van der Waals surface area contributed by atoms with Crippen molar-refractivity contribution < 1.29 is 0 Å². The lowest BCUT2D eigenvalue weighted by Crippen LogP contribution is -2.35. The maximum atomic E-state index is 4.93. The topological polar surface area (TPSA) is 6.48 Å². The third-order valence-corrected chi connectivity index (χ3v) is 13.7. The van der Waals surface area contributed by atoms with Crippen molar-refractivity contribution >= 4 is 28.7 Å². The molecule has 340 valence electrons. The van der Waals surface area contributed by atoms with Crippen LogP contribution in [0.5, 0.6) is 0 Å². The predicted octanol–water partition coefficient (Wildman–Crippen LogP) is 18.0. The minimum absolute atomic E-state index is 0.0139. The van der Waals surface area contributed by atoms with E-state index in [0.717, 1.165) is 63.7 Å². The number of hydrogen-bond donors (Lipinski definition) is 0. The average molecular weight is 863 g/mol. The van der Waals surface area contributed by atoms with E-state index in [1.165, 1.54) is 27.8 Å². The normalized spacial score (nSPS) is 18.2. The Labute approximate surface area is 395 Å². The van der Waals surface area contributed by atoms with E-state index in [0.29, 0.717) is 0 Å². The molecule has 0 aromatic heterocycles. The molecule has 2 heteroatoms. The maximum absolute atomic E-state index is 4.93. The van der Waals surface area contributed by atoms with Crippen LogP contribution in [0.25, 0.3) is 11.6 Å². The van der Waals surface area contributed by atoms with E-state index in [9.17, 15) is 0 Å². The summed E-state index contributed by atoms with van der Waals surface area (Å²) in [6.07, 6.45) is 19.7. The summed E-state index contributed by atoms with van der Waals surface area (Å²) in [6, 6.07) is 33.6. The Morgan fingerprint density at radius 2 is 1.31 bits per heavy atom. The Morgan fingerprint density at radius 3 is 1.89 bits per heavy atom. The number of rotatable bonds is 12. The van der Waals surface area contributed by atoms with Crippen molar-refractivity contribution in [2.75, 3.05) is 9.80 Å². The number of fused-ring (bicyclic) bond motifs is 2. The molecule has 0 spiro atoms. The summed E-state index contributed by atoms with van der Waals surface area (Å²) in [7, 11) is 0. The fraction of sp³-hybridized carbons (Fsp3) is 0.365. The number of nitrogens with zero attached hydrogens (tertiary/aromatic N) is 2. The molecule has 0 saturated heterocycles. The molecule has 0 unspecified atom stereocenters. The first-order valence-electron chi connectivity index (χ1n) is 23.7. The van der Waals surface area contributed by atoms with Crippen molar-refractivity contribution in [2.45, 2.75) is 138 Å². The fourth-order valence-electron chi connectivity index (χ4n) is 11.0. The summed E-state index contributed by atoms with van der Waals surface area (Å²) in [5, 5.41) is 0. The first kappa shape index (κ1) is 48.8. The van der Waals surface area contributed by atoms with Gasteiger partial charge in [-0.1, -0.05) is 214 Å². The van der Waals surface area contributed by atoms with E-state index in [1.54, 1.807) is 0 Å². The highest BCUT2D eigenvalue weighted by atomic mass is 15.2. The molecule has 0 saturated carbocycles. The lowest BCUT2D eigenvalue weighted by molar-refractivity contribution is 0.253. The van der Waals surface area contributed by atoms with Gasteiger partial charge in [-0.25, -0.2) is 0 Å². The Kier molecular flexibility index (Phi) is 13.5. The number of benzene rings is 4. The first-order valence-corrected chi connectivity index (χ1v) is 23.7. The SMILES string of the molecule is C=C/C=C(\C=C(/C)N(c1ccc2c(c1)C(C)(C)CC2(C)C)c1cc(C(C)(C)C)cc2c1/C=C\C(c1ccccc1)=C/C(=C)N2/C(=C/C=C)C(C)(C)c1ccccc1)C(C)(C)CC(C)(C)C. The Balaban J connectivity index is 1.78. The predicted molar refractivity (Wildman–Crippen MR) is 287 cm³/mol. The van der Waals surface area contributed by atoms with E-state index in [1.807, 2.05) is 12.2 Å². The molecule has 0 bridgehead atoms. The van der Waals surface area contributed by atoms with Gasteiger partial charge >= 0.3 is 0 Å². The van der Waals surface area contributed by atoms with Crippen molar-refractivity contribution in [1.29, 1.82) is 0 Å². The highest BCUT2D eigenvalue weighted by Gasteiger charge is 2.42. The Morgan fingerprint density at radius 1 is 0.708 bits per heavy atom. The van der Waals surface area contributed by atoms with Crippen molar-refractivity contribution in [3.05, 3.63) is 209 Å². The smallest absolute Gasteiger partial charge is 0.0554 e. The highest BCUT2D eigenvalue weighted by Crippen LogP contribution is 2.53. The van der Waals surface area contributed by atoms with Gasteiger partial charge in [0.25, 0.3) is 0 Å². The number of anilines is 3. The van der Waals surface area contributed by atoms with Crippen LogP contribution in [0.2, 0.25) is 0 Å². The lowest BCUT2D eigenvalue weighted by atomic mass is 9.71. The molecule has 0 N–H and O–H groups in total. The quantitative estimate of drug-likeness (QED) is 0.131. The summed E-state index contributed by atoms with van der Waals surface area (Å²) in [5.41, 5.74) is 15.8. The molecule has 1 aliphatic heterocycles. The van der Waals surface area contributed by atoms with Crippen molar-refractivity contribution in [3.63, 3.8) is 0 Å². The second-order valence-corrected chi connectivity index (χ2v) is 23.4. The van der Waals surface area contributed by atoms with Crippen LogP contribution in [0.4, 0.5) is 17.1 Å². The van der Waals surface area contributed by atoms with Crippen LogP contribution in [0, 0.1) is 10.8 Å². The molecule has 1 heterocycles. The van der Waals surface area contributed by atoms with E-state index in [-0.39, 0.29) is 27.1 Å². The standard InChI is InChI=1S/C63H78N2/c1-19-27-49(60(11,12)42-58(5,6)7)38-45(4)64(51-34-36-53-54(41-51)62(15,16)43-61(53,13)14)55-39-50(59(8,9)10)40-56-52(55)35-33-47(46-29-23-21-24-30-46)37-44(3)65(56)57(28-20-2)63(17,18)48-31-25-22-26-32-48/h19-41H,1-3,42-43H2,4-18H3/b35-33-,45-38+,47-37+,49-27+,57-28+. The van der Waals surface area contributed by atoms with Gasteiger partial charge in [-0.15, -0.1) is 0 Å². The summed E-state index contributed by atoms with van der Waals surface area (Å²) in [5.74, 6) is 0. The van der Waals surface area contributed by atoms with Crippen molar-refractivity contribution in [3.8, 4) is 0 Å². The largest absolute Gasteiger partial charge is 0.314 e. The molecule has 65 heavy (non-hydrogen) atoms. The molecule has 1 aliphatic carbocycles. The molecule has 4 aromatic carbocycles. The summed E-state index contributed by atoms with van der Waals surface area (Å²) < 4.78 is 0. The molecule has 0 atom stereocenters. The average Bonchev–Trinajstić information content (AvgIpc) is 3.40. The minimum Gasteiger partial charge on any atom is -0.314 e. The van der Waals surface area contributed by atoms with Crippen LogP contribution < -0.4 is 9.80 Å². The van der Waals surface area contributed by atoms with Crippen LogP contribution in [-0.2, 0) is 21.7 Å². The van der Waals surface area contributed by atoms with Gasteiger partial charge in [0.15, 0.2) is 0 Å². The van der Waals surface area contributed by atoms with E-state index in [4.69, 9.17) is 6.58 Å². The van der Waals surface area contributed by atoms with Crippen molar-refractivity contribution in [1.82, 2.24) is 0 Å². The molecule has 4 aromatic rings. The fourth-order valence-corrected chi connectivity index (χ4v) is 11.0. The second-order valence-electron chi connectivity index (χ2n) is 23.4. The van der Waals surface area contributed by atoms with Crippen molar-refractivity contribution in [2.24, 2.45) is 10.8 Å². The molecular formula is C63H78N2. The van der Waals surface area contributed by atoms with Gasteiger partial charge in [-0.2, -0.15) is 0 Å². The molecule has 0 fully saturated rings. The van der Waals surface area contributed by atoms with Gasteiger partial charge in [0.1, 0.15) is 0 Å². The van der Waals surface area contributed by atoms with Crippen LogP contribution in [0.3, 0.4) is 0 Å². The van der Waals surface area contributed by atoms with Crippen LogP contribution >= 0.6 is 0 Å². The van der Waals surface area contributed by atoms with Gasteiger partial charge in [-0.05, 0) is 128 Å². The van der Waals surface area contributed by atoms with Crippen LogP contribution in [-0.4, -0.2) is 0 Å². The molecule has 2 nitrogen and oxygen atoms in total. The third kappa shape index (κ3) is 10.3. The zero-order valence-electron chi connectivity index (χ0n) is 42.7. The van der Waals surface area contributed by atoms with E-state index >= 15 is 0 Å². The lowest BCUT2D eigenvalue weighted by Gasteiger charge is -2.41. The summed E-state index contributed by atoms with van der Waals surface area (Å²) >= 11 is 0. The van der Waals surface area contributed by atoms with E-state index < -0.39 is 5.41 Å². The minimum atomic E-state index is -0.436. The third-order valence-electron chi connectivity index (χ3n) is 13.7. The zero-order chi connectivity index (χ0) is 47.9. The molecular weight excluding hydrogens is 785 g/mol. The maximum Gasteiger partial charge on any atom is 0.0554 e. The van der Waals surface area contributed by atoms with Gasteiger partial charge in [0, 0.05) is 33.8 Å². The summed E-state index contributed by atoms with van der Waals surface area (Å²) in [6.45, 7) is 48.7. The highest BCUT2D eigenvalue weighted by molar-refractivity contribution is 5.93. The monoisotopic (exact) mass is 863 g/mol. The molecule has 0 amide bonds. The summed E-state index contributed by atoms with van der Waals surface area (Å²) in [4.78, 5) is 4.95. The van der Waals surface area contributed by atoms with Gasteiger partial charge < -0.3 is 9.80 Å². The molecule has 6 rings (SSSR count). The van der Waals surface area contributed by atoms with E-state index in [2.05, 4.69) is 254 Å². The first-order chi connectivity index (χ1) is 30.2. The number of hydrogen-bond acceptors (Lipinski definition) is 2. The number of allylic oxidation sites excluding steroid dienone is 11. The Hall–Kier alpha value is -5.60. The Bertz CT molecular complexity index is 2600. The molecule has 2 aliphatic rings. The van der Waals surface area contributed by atoms with Gasteiger partial charge in [0.2, 0.25) is 0 Å². The van der Waals surface area contributed by atoms with Crippen LogP contribution in [0.1, 0.15) is 150 Å². The second kappa shape index (κ2) is 18.0.